The third kappa shape index (κ3) is 13.2. The molecule has 0 fully saturated rings. The molecule has 0 radical (unpaired) electrons. The molecule has 2 heterocycles. The van der Waals surface area contributed by atoms with Crippen molar-refractivity contribution in [2.75, 3.05) is 9.80 Å². The molecule has 0 aliphatic carbocycles. The van der Waals surface area contributed by atoms with Gasteiger partial charge in [-0.25, -0.2) is 19.9 Å². The van der Waals surface area contributed by atoms with Crippen LogP contribution in [0.3, 0.4) is 0 Å². The maximum absolute atomic E-state index is 5.14. The van der Waals surface area contributed by atoms with Crippen LogP contribution >= 0.6 is 0 Å². The molecule has 0 bridgehead atoms. The molecule has 0 N–H and O–H groups in total. The molecule has 0 aliphatic heterocycles. The molecule has 0 unspecified atom stereocenters. The molecule has 6 heteroatoms. The minimum Gasteiger partial charge on any atom is -0.311 e. The number of nitrogens with zero attached hydrogens (tertiary/aromatic N) is 6. The third-order valence-electron chi connectivity index (χ3n) is 18.2. The first-order valence-corrected chi connectivity index (χ1v) is 33.8. The molecule has 17 rings (SSSR count). The molecule has 0 saturated carbocycles. The second-order valence-electron chi connectivity index (χ2n) is 24.5. The van der Waals surface area contributed by atoms with Crippen LogP contribution in [-0.2, 0) is 0 Å². The third-order valence-corrected chi connectivity index (χ3v) is 18.2. The number of hydrogen-bond acceptors (Lipinski definition) is 6. The Morgan fingerprint density at radius 3 is 0.750 bits per heavy atom. The molecule has 0 atom stereocenters. The summed E-state index contributed by atoms with van der Waals surface area (Å²) in [6, 6.07) is 140. The number of para-hydroxylation sites is 6. The van der Waals surface area contributed by atoms with Crippen LogP contribution in [0.2, 0.25) is 0 Å². The summed E-state index contributed by atoms with van der Waals surface area (Å²) in [7, 11) is 0. The van der Waals surface area contributed by atoms with Crippen LogP contribution in [0.4, 0.5) is 34.1 Å². The van der Waals surface area contributed by atoms with Crippen molar-refractivity contribution < 1.29 is 0 Å². The van der Waals surface area contributed by atoms with Gasteiger partial charge in [0.05, 0.1) is 50.5 Å². The SMILES string of the molecule is c1ccc(-c2ccc(-c3ccc(N(c4ccc(-c5ccccc5)cc4)c4ccc(-c5nc6ccccc6nc5-c5ccccc5)cc4)cc3)cc2)cc1.c1ccc(-c2cccc(-c3ccccc3N(c3ccccc3)c3ccc(-c4nc5ccccc5nc4-c4ccccc4)cc3)c2)cc1. The number of anilines is 6. The largest absolute Gasteiger partial charge is 0.311 e. The Balaban J connectivity index is 0.000000157. The summed E-state index contributed by atoms with van der Waals surface area (Å²) in [6.07, 6.45) is 0. The summed E-state index contributed by atoms with van der Waals surface area (Å²) >= 11 is 0. The lowest BCUT2D eigenvalue weighted by molar-refractivity contribution is 1.27. The van der Waals surface area contributed by atoms with Crippen molar-refractivity contribution >= 4 is 56.2 Å². The molecule has 15 aromatic carbocycles. The van der Waals surface area contributed by atoms with Crippen molar-refractivity contribution in [1.29, 1.82) is 0 Å². The number of rotatable bonds is 15. The van der Waals surface area contributed by atoms with E-state index in [0.717, 1.165) is 107 Å². The van der Waals surface area contributed by atoms with E-state index in [1.807, 2.05) is 84.9 Å². The average molecular weight is 1280 g/mol. The second-order valence-corrected chi connectivity index (χ2v) is 24.5. The summed E-state index contributed by atoms with van der Waals surface area (Å²) in [5, 5.41) is 0. The van der Waals surface area contributed by atoms with Gasteiger partial charge in [-0.2, -0.15) is 0 Å². The summed E-state index contributed by atoms with van der Waals surface area (Å²) in [6.45, 7) is 0. The fraction of sp³-hybridized carbons (Fsp3) is 0. The van der Waals surface area contributed by atoms with Gasteiger partial charge in [-0.15, -0.1) is 0 Å². The first kappa shape index (κ1) is 61.5. The maximum atomic E-state index is 5.14. The maximum Gasteiger partial charge on any atom is 0.0973 e. The zero-order chi connectivity index (χ0) is 66.8. The highest BCUT2D eigenvalue weighted by molar-refractivity contribution is 5.92. The Kier molecular flexibility index (Phi) is 17.5. The summed E-state index contributed by atoms with van der Waals surface area (Å²) < 4.78 is 0. The van der Waals surface area contributed by atoms with Gasteiger partial charge in [-0.1, -0.05) is 303 Å². The topological polar surface area (TPSA) is 58.0 Å². The molecule has 0 saturated heterocycles. The molecule has 17 aromatic rings. The molecule has 0 aliphatic rings. The van der Waals surface area contributed by atoms with Gasteiger partial charge in [0.15, 0.2) is 0 Å². The van der Waals surface area contributed by atoms with Gasteiger partial charge in [-0.05, 0) is 147 Å². The highest BCUT2D eigenvalue weighted by atomic mass is 15.1. The Labute approximate surface area is 583 Å². The van der Waals surface area contributed by atoms with Crippen molar-refractivity contribution in [1.82, 2.24) is 19.9 Å². The van der Waals surface area contributed by atoms with E-state index in [1.54, 1.807) is 0 Å². The minimum atomic E-state index is 0.864. The quantitative estimate of drug-likeness (QED) is 0.102. The van der Waals surface area contributed by atoms with Crippen LogP contribution in [0.15, 0.2) is 400 Å². The number of fused-ring (bicyclic) bond motifs is 2. The molecule has 100 heavy (non-hydrogen) atoms. The van der Waals surface area contributed by atoms with E-state index in [2.05, 4.69) is 325 Å². The van der Waals surface area contributed by atoms with E-state index in [1.165, 1.54) is 50.1 Å². The van der Waals surface area contributed by atoms with Crippen LogP contribution in [0.5, 0.6) is 0 Å². The van der Waals surface area contributed by atoms with E-state index < -0.39 is 0 Å². The fourth-order valence-electron chi connectivity index (χ4n) is 13.1. The van der Waals surface area contributed by atoms with Gasteiger partial charge in [0.2, 0.25) is 0 Å². The highest BCUT2D eigenvalue weighted by Crippen LogP contribution is 2.44. The van der Waals surface area contributed by atoms with Crippen LogP contribution < -0.4 is 9.80 Å². The van der Waals surface area contributed by atoms with Gasteiger partial charge in [-0.3, -0.25) is 0 Å². The Morgan fingerprint density at radius 2 is 0.380 bits per heavy atom. The normalized spacial score (nSPS) is 11.0. The van der Waals surface area contributed by atoms with Crippen LogP contribution in [0.1, 0.15) is 0 Å². The second kappa shape index (κ2) is 28.5. The lowest BCUT2D eigenvalue weighted by Gasteiger charge is -2.28. The molecule has 6 nitrogen and oxygen atoms in total. The molecule has 0 amide bonds. The Bertz CT molecular complexity index is 5590. The molecule has 0 spiro atoms. The van der Waals surface area contributed by atoms with Crippen molar-refractivity contribution in [2.24, 2.45) is 0 Å². The van der Waals surface area contributed by atoms with Crippen LogP contribution in [-0.4, -0.2) is 19.9 Å². The van der Waals surface area contributed by atoms with Gasteiger partial charge >= 0.3 is 0 Å². The van der Waals surface area contributed by atoms with Gasteiger partial charge in [0, 0.05) is 56.3 Å². The highest BCUT2D eigenvalue weighted by Gasteiger charge is 2.21. The predicted octanol–water partition coefficient (Wildman–Crippen LogP) is 25.2. The zero-order valence-corrected chi connectivity index (χ0v) is 54.8. The van der Waals surface area contributed by atoms with Crippen molar-refractivity contribution in [3.8, 4) is 101 Å². The van der Waals surface area contributed by atoms with E-state index in [9.17, 15) is 0 Å². The fourth-order valence-corrected chi connectivity index (χ4v) is 13.1. The first-order chi connectivity index (χ1) is 49.6. The first-order valence-electron chi connectivity index (χ1n) is 33.8. The van der Waals surface area contributed by atoms with Crippen molar-refractivity contribution in [2.45, 2.75) is 0 Å². The molecule has 472 valence electrons. The monoisotopic (exact) mass is 1280 g/mol. The molecular weight excluding hydrogens is 1210 g/mol. The standard InChI is InChI=1S/C50H35N3.C44H31N3/c1-4-12-36(13-5-1)38-20-22-39(23-21-38)41-26-32-45(33-27-41)53(44-30-24-40(25-31-44)37-14-6-2-7-15-37)46-34-28-43(29-35-46)50-49(42-16-8-3-9-17-42)51-47-18-10-11-19-48(47)52-50;1-4-15-32(16-5-1)35-19-14-20-36(31-35)39-23-10-13-26-42(39)47(37-21-8-3-9-22-37)38-29-27-34(28-30-38)44-43(33-17-6-2-7-18-33)45-40-24-11-12-25-41(40)46-44/h1-35H;1-31H. The summed E-state index contributed by atoms with van der Waals surface area (Å²) in [4.78, 5) is 25.1. The van der Waals surface area contributed by atoms with E-state index in [-0.39, 0.29) is 0 Å². The smallest absolute Gasteiger partial charge is 0.0973 e. The van der Waals surface area contributed by atoms with Crippen molar-refractivity contribution in [3.05, 3.63) is 400 Å². The van der Waals surface area contributed by atoms with Gasteiger partial charge < -0.3 is 9.80 Å². The van der Waals surface area contributed by atoms with E-state index in [4.69, 9.17) is 19.9 Å². The number of aromatic nitrogens is 4. The van der Waals surface area contributed by atoms with Crippen LogP contribution in [0, 0.1) is 0 Å². The number of hydrogen-bond donors (Lipinski definition) is 0. The Morgan fingerprint density at radius 1 is 0.150 bits per heavy atom. The van der Waals surface area contributed by atoms with Crippen molar-refractivity contribution in [3.63, 3.8) is 0 Å². The average Bonchev–Trinajstić information content (AvgIpc) is 0.796. The molecular formula is C94H66N6. The lowest BCUT2D eigenvalue weighted by Crippen LogP contribution is -2.11. The van der Waals surface area contributed by atoms with Crippen LogP contribution in [0.25, 0.3) is 123 Å². The van der Waals surface area contributed by atoms with Gasteiger partial charge in [0.1, 0.15) is 0 Å². The van der Waals surface area contributed by atoms with E-state index in [0.29, 0.717) is 0 Å². The number of benzene rings is 15. The zero-order valence-electron chi connectivity index (χ0n) is 54.8. The van der Waals surface area contributed by atoms with E-state index >= 15 is 0 Å². The summed E-state index contributed by atoms with van der Waals surface area (Å²) in [5.74, 6) is 0. The Hall–Kier alpha value is -13.4. The lowest BCUT2D eigenvalue weighted by atomic mass is 9.97. The molecule has 2 aromatic heterocycles. The summed E-state index contributed by atoms with van der Waals surface area (Å²) in [5.41, 5.74) is 29.5. The van der Waals surface area contributed by atoms with Gasteiger partial charge in [0.25, 0.3) is 0 Å². The minimum absolute atomic E-state index is 0.864. The predicted molar refractivity (Wildman–Crippen MR) is 417 cm³/mol.